The number of benzene rings is 11. The van der Waals surface area contributed by atoms with Crippen molar-refractivity contribution in [3.8, 4) is 101 Å². The molecule has 9 heterocycles. The summed E-state index contributed by atoms with van der Waals surface area (Å²) in [5.74, 6) is 1.40. The van der Waals surface area contributed by atoms with Gasteiger partial charge in [0.05, 0.1) is 37.2 Å². The van der Waals surface area contributed by atoms with Gasteiger partial charge in [0, 0.05) is 97.5 Å². The second-order valence-corrected chi connectivity index (χ2v) is 62.9. The molecule has 0 saturated heterocycles. The molecule has 0 aliphatic carbocycles. The summed E-state index contributed by atoms with van der Waals surface area (Å²) in [6.45, 7) is 40.0. The minimum atomic E-state index is -3.46. The number of pyridine rings is 6. The Morgan fingerprint density at radius 1 is 0.278 bits per heavy atom. The maximum absolute atomic E-state index is 12.8. The Bertz CT molecular complexity index is 6600. The van der Waals surface area contributed by atoms with E-state index in [0.717, 1.165) is 78.7 Å². The minimum Gasteiger partial charge on any atom is -0.305 e. The molecule has 0 unspecified atom stereocenters. The van der Waals surface area contributed by atoms with Gasteiger partial charge in [-0.15, -0.1) is 189 Å². The zero-order valence-electron chi connectivity index (χ0n) is 78.6. The van der Waals surface area contributed by atoms with Gasteiger partial charge >= 0.3 is 0 Å². The molecular formula is C116H112Ir3N6O2SSi5-6. The van der Waals surface area contributed by atoms with Crippen molar-refractivity contribution in [3.63, 3.8) is 0 Å². The van der Waals surface area contributed by atoms with Crippen LogP contribution < -0.4 is 46.7 Å². The molecule has 3 aliphatic rings. The number of aromatic nitrogens is 6. The number of hydrogen-bond donors (Lipinski definition) is 0. The topological polar surface area (TPSA) is 111 Å². The Morgan fingerprint density at radius 2 is 0.602 bits per heavy atom. The fourth-order valence-electron chi connectivity index (χ4n) is 17.8. The fraction of sp³-hybridized carbons (Fsp3) is 0.172. The molecule has 11 aromatic carbocycles. The van der Waals surface area contributed by atoms with Crippen molar-refractivity contribution >= 4 is 96.9 Å². The molecule has 6 aromatic heterocycles. The molecule has 0 fully saturated rings. The van der Waals surface area contributed by atoms with Crippen LogP contribution in [0.2, 0.25) is 72.0 Å². The summed E-state index contributed by atoms with van der Waals surface area (Å²) >= 11 is 0. The molecule has 8 nitrogen and oxygen atoms in total. The molecule has 3 aliphatic heterocycles. The average molecular weight is 2370 g/mol. The summed E-state index contributed by atoms with van der Waals surface area (Å²) in [6.07, 6.45) is 11.6. The summed E-state index contributed by atoms with van der Waals surface area (Å²) in [7, 11) is -12.1. The van der Waals surface area contributed by atoms with E-state index < -0.39 is 50.2 Å². The first-order chi connectivity index (χ1) is 62.4. The van der Waals surface area contributed by atoms with Crippen LogP contribution in [0.15, 0.2) is 362 Å². The second-order valence-electron chi connectivity index (χ2n) is 37.8. The Labute approximate surface area is 835 Å². The van der Waals surface area contributed by atoms with Crippen LogP contribution >= 0.6 is 0 Å². The van der Waals surface area contributed by atoms with Gasteiger partial charge in [-0.2, -0.15) is 0 Å². The molecule has 17 aromatic rings. The molecule has 0 bridgehead atoms. The second kappa shape index (κ2) is 43.8. The molecule has 0 saturated carbocycles. The normalized spacial score (nSPS) is 12.8. The Kier molecular flexibility index (Phi) is 33.3. The predicted molar refractivity (Wildman–Crippen MR) is 558 cm³/mol. The molecular weight excluding hydrogens is 2260 g/mol. The Balaban J connectivity index is 0.000000151. The number of hydrogen-bond acceptors (Lipinski definition) is 8. The van der Waals surface area contributed by atoms with E-state index in [0.29, 0.717) is 27.5 Å². The zero-order valence-corrected chi connectivity index (χ0v) is 91.6. The van der Waals surface area contributed by atoms with E-state index in [-0.39, 0.29) is 60.3 Å². The van der Waals surface area contributed by atoms with E-state index in [1.54, 1.807) is 42.0 Å². The van der Waals surface area contributed by atoms with Crippen LogP contribution in [0.25, 0.3) is 101 Å². The van der Waals surface area contributed by atoms with Gasteiger partial charge in [0.15, 0.2) is 9.84 Å². The van der Waals surface area contributed by atoms with Crippen molar-refractivity contribution in [3.05, 3.63) is 406 Å². The van der Waals surface area contributed by atoms with Crippen LogP contribution in [-0.2, 0) is 70.2 Å². The van der Waals surface area contributed by atoms with E-state index in [9.17, 15) is 8.42 Å². The summed E-state index contributed by atoms with van der Waals surface area (Å²) in [5.41, 5.74) is 23.1. The molecule has 0 atom stereocenters. The number of nitrogens with zero attached hydrogens (tertiary/aromatic N) is 6. The van der Waals surface area contributed by atoms with Gasteiger partial charge in [-0.25, -0.2) is 8.42 Å². The van der Waals surface area contributed by atoms with Gasteiger partial charge < -0.3 is 29.9 Å². The molecule has 17 heteroatoms. The summed E-state index contributed by atoms with van der Waals surface area (Å²) in [5, 5.41) is 13.2. The Hall–Kier alpha value is -10.7. The quantitative estimate of drug-likeness (QED) is 0.0782. The van der Waals surface area contributed by atoms with Gasteiger partial charge in [-0.3, -0.25) is 0 Å². The Morgan fingerprint density at radius 3 is 0.970 bits per heavy atom. The van der Waals surface area contributed by atoms with Gasteiger partial charge in [0.25, 0.3) is 0 Å². The van der Waals surface area contributed by atoms with Crippen molar-refractivity contribution < 1.29 is 68.7 Å². The van der Waals surface area contributed by atoms with E-state index in [1.807, 2.05) is 152 Å². The first-order valence-corrected chi connectivity index (χ1v) is 61.9. The van der Waals surface area contributed by atoms with Crippen LogP contribution in [0.4, 0.5) is 0 Å². The maximum atomic E-state index is 12.8. The van der Waals surface area contributed by atoms with Crippen LogP contribution in [0.3, 0.4) is 0 Å². The summed E-state index contributed by atoms with van der Waals surface area (Å²) in [6, 6.07) is 128. The van der Waals surface area contributed by atoms with Crippen LogP contribution in [-0.4, -0.2) is 78.7 Å². The van der Waals surface area contributed by atoms with E-state index >= 15 is 0 Å². The largest absolute Gasteiger partial charge is 0.305 e. The number of sulfone groups is 1. The van der Waals surface area contributed by atoms with E-state index in [4.69, 9.17) is 15.0 Å². The smallest absolute Gasteiger partial charge is 0.173 e. The summed E-state index contributed by atoms with van der Waals surface area (Å²) < 4.78 is 25.6. The van der Waals surface area contributed by atoms with Gasteiger partial charge in [0.2, 0.25) is 0 Å². The maximum Gasteiger partial charge on any atom is 0.173 e. The standard InChI is InChI=1S/C35H34NSi2.C25H30NSi2.C23H24NO2SSi.3C11H8N.3Ir/c1-25(2)31-24-36-32(23-35(31)37(3,4)5)26-20-21-34-30(22-26)29-18-12-13-19-33(29)38(34,27-14-8-6-9-15-27)28-16-10-7-11-17-28;1-17(2)21-16-26-22(15-25(21)27(3,4)5)18-12-13-24-20(14-18)19-10-8-9-11-23(19)28(24,6)7;1-15(2)19-14-24-20(13-23(19)28(3,4)5)16-10-11-22-18(12-16)17-8-6-7-9-21(17)27(22,25)26;3*1-2-6-10(7-3-1)11-8-4-5-9-12-11;;;/h6-19,21-25H,1-5H3;8-11,13-17H,1-7H3;6-9,11-15H,1-5H3;3*1-6,8-9H;;;/q6*-1;;;. The first-order valence-electron chi connectivity index (χ1n) is 44.9. The third kappa shape index (κ3) is 22.3. The van der Waals surface area contributed by atoms with Gasteiger partial charge in [0.1, 0.15) is 8.07 Å². The van der Waals surface area contributed by atoms with Gasteiger partial charge in [-0.1, -0.05) is 343 Å². The van der Waals surface area contributed by atoms with Crippen molar-refractivity contribution in [1.29, 1.82) is 0 Å². The number of rotatable bonds is 14. The summed E-state index contributed by atoms with van der Waals surface area (Å²) in [4.78, 5) is 27.9. The minimum absolute atomic E-state index is 0. The molecule has 677 valence electrons. The first kappa shape index (κ1) is 101. The fourth-order valence-corrected chi connectivity index (χ4v) is 32.9. The molecule has 133 heavy (non-hydrogen) atoms. The van der Waals surface area contributed by atoms with Gasteiger partial charge in [-0.05, 0) is 120 Å². The van der Waals surface area contributed by atoms with Crippen molar-refractivity contribution in [2.45, 2.75) is 141 Å². The SMILES string of the molecule is CC(C)c1cnc(-c2[c-]cc3c(c2)-c2ccccc2S3(=O)=O)cc1[Si](C)(C)C.CC(C)c1cnc(-c2[c-]cc3c(c2)-c2ccccc2[Si]3(C)C)cc1[Si](C)(C)C.CC(C)c1cnc(-c2[c-]cc3c(c2)-c2ccccc2[Si]3(c2ccccc2)c2ccccc2)cc1[Si](C)(C)C.[Ir].[Ir].[Ir].[c-]1ccccc1-c1ccccn1.[c-]1ccccc1-c1ccccn1.[c-]1ccccc1-c1ccccn1. The third-order valence-corrected chi connectivity index (χ3v) is 40.9. The van der Waals surface area contributed by atoms with Crippen LogP contribution in [0.5, 0.6) is 0 Å². The molecule has 0 amide bonds. The molecule has 20 rings (SSSR count). The van der Waals surface area contributed by atoms with E-state index in [1.165, 1.54) is 80.4 Å². The van der Waals surface area contributed by atoms with E-state index in [2.05, 4.69) is 329 Å². The zero-order chi connectivity index (χ0) is 91.7. The molecule has 0 N–H and O–H groups in total. The molecule has 0 spiro atoms. The monoisotopic (exact) mass is 2370 g/mol. The van der Waals surface area contributed by atoms with Crippen molar-refractivity contribution in [1.82, 2.24) is 29.9 Å². The third-order valence-electron chi connectivity index (χ3n) is 24.4. The number of fused-ring (bicyclic) bond motifs is 9. The van der Waals surface area contributed by atoms with Crippen molar-refractivity contribution in [2.24, 2.45) is 0 Å². The average Bonchev–Trinajstić information content (AvgIpc) is 1.53. The predicted octanol–water partition coefficient (Wildman–Crippen LogP) is 23.3. The van der Waals surface area contributed by atoms with Crippen molar-refractivity contribution in [2.75, 3.05) is 0 Å². The van der Waals surface area contributed by atoms with Crippen LogP contribution in [0, 0.1) is 36.4 Å². The van der Waals surface area contributed by atoms with Crippen LogP contribution in [0.1, 0.15) is 76.0 Å². The molecule has 3 radical (unpaired) electrons.